The molecule has 0 spiro atoms. The van der Waals surface area contributed by atoms with Crippen molar-refractivity contribution in [1.82, 2.24) is 9.80 Å². The van der Waals surface area contributed by atoms with Crippen LogP contribution in [0.1, 0.15) is 17.9 Å². The third-order valence-corrected chi connectivity index (χ3v) is 5.03. The van der Waals surface area contributed by atoms with Crippen molar-refractivity contribution >= 4 is 24.2 Å². The minimum atomic E-state index is -0.254. The molecule has 0 aliphatic carbocycles. The number of amides is 2. The molecule has 0 bridgehead atoms. The monoisotopic (exact) mass is 367 g/mol. The fourth-order valence-electron chi connectivity index (χ4n) is 3.68. The van der Waals surface area contributed by atoms with Gasteiger partial charge in [-0.1, -0.05) is 30.3 Å². The summed E-state index contributed by atoms with van der Waals surface area (Å²) in [4.78, 5) is 28.4. The number of hydrogen-bond acceptors (Lipinski definition) is 4. The largest absolute Gasteiger partial charge is 0.383 e. The van der Waals surface area contributed by atoms with Crippen LogP contribution < -0.4 is 5.73 Å². The first-order valence-electron chi connectivity index (χ1n) is 8.46. The van der Waals surface area contributed by atoms with Gasteiger partial charge in [0.15, 0.2) is 0 Å². The molecule has 0 saturated carbocycles. The van der Waals surface area contributed by atoms with E-state index in [1.165, 1.54) is 5.56 Å². The predicted molar refractivity (Wildman–Crippen MR) is 97.5 cm³/mol. The smallest absolute Gasteiger partial charge is 0.228 e. The molecule has 1 aromatic carbocycles. The van der Waals surface area contributed by atoms with Gasteiger partial charge in [0.2, 0.25) is 11.8 Å². The lowest BCUT2D eigenvalue weighted by atomic mass is 9.95. The van der Waals surface area contributed by atoms with E-state index in [1.807, 2.05) is 23.1 Å². The minimum Gasteiger partial charge on any atom is -0.383 e. The van der Waals surface area contributed by atoms with E-state index in [0.717, 1.165) is 0 Å². The SMILES string of the molecule is COCCN1CC(C(=O)N2C[C@@H](N)[C@H](c3ccccc3)C2)CC1=O.Cl. The first-order chi connectivity index (χ1) is 11.6. The van der Waals surface area contributed by atoms with Crippen LogP contribution in [-0.2, 0) is 14.3 Å². The number of hydrogen-bond donors (Lipinski definition) is 1. The maximum atomic E-state index is 12.8. The zero-order chi connectivity index (χ0) is 17.1. The molecule has 25 heavy (non-hydrogen) atoms. The Hall–Kier alpha value is -1.63. The minimum absolute atomic E-state index is 0. The number of ether oxygens (including phenoxy) is 1. The molecule has 0 radical (unpaired) electrons. The summed E-state index contributed by atoms with van der Waals surface area (Å²) in [6.07, 6.45) is 0.296. The summed E-state index contributed by atoms with van der Waals surface area (Å²) in [5.74, 6) is -0.00131. The molecule has 138 valence electrons. The Morgan fingerprint density at radius 1 is 1.24 bits per heavy atom. The highest BCUT2D eigenvalue weighted by atomic mass is 35.5. The van der Waals surface area contributed by atoms with Crippen LogP contribution in [-0.4, -0.2) is 67.6 Å². The van der Waals surface area contributed by atoms with Crippen LogP contribution in [0.15, 0.2) is 30.3 Å². The van der Waals surface area contributed by atoms with Gasteiger partial charge in [-0.3, -0.25) is 9.59 Å². The molecule has 1 unspecified atom stereocenters. The molecule has 2 amide bonds. The van der Waals surface area contributed by atoms with Crippen LogP contribution in [0, 0.1) is 5.92 Å². The number of carbonyl (C=O) groups excluding carboxylic acids is 2. The highest BCUT2D eigenvalue weighted by molar-refractivity contribution is 5.89. The Bertz CT molecular complexity index is 598. The predicted octanol–water partition coefficient (Wildman–Crippen LogP) is 0.856. The summed E-state index contributed by atoms with van der Waals surface area (Å²) in [7, 11) is 1.61. The van der Waals surface area contributed by atoms with Crippen molar-refractivity contribution in [3.8, 4) is 0 Å². The summed E-state index contributed by atoms with van der Waals surface area (Å²) >= 11 is 0. The van der Waals surface area contributed by atoms with E-state index < -0.39 is 0 Å². The summed E-state index contributed by atoms with van der Waals surface area (Å²) in [6.45, 7) is 2.72. The summed E-state index contributed by atoms with van der Waals surface area (Å²) < 4.78 is 5.02. The van der Waals surface area contributed by atoms with Gasteiger partial charge < -0.3 is 20.3 Å². The fraction of sp³-hybridized carbons (Fsp3) is 0.556. The summed E-state index contributed by atoms with van der Waals surface area (Å²) in [5.41, 5.74) is 7.44. The van der Waals surface area contributed by atoms with E-state index in [1.54, 1.807) is 12.0 Å². The molecule has 6 nitrogen and oxygen atoms in total. The molecule has 2 heterocycles. The molecular formula is C18H26ClN3O3. The lowest BCUT2D eigenvalue weighted by molar-refractivity contribution is -0.134. The second-order valence-electron chi connectivity index (χ2n) is 6.66. The van der Waals surface area contributed by atoms with Gasteiger partial charge in [-0.25, -0.2) is 0 Å². The van der Waals surface area contributed by atoms with E-state index >= 15 is 0 Å². The number of benzene rings is 1. The molecule has 2 aliphatic rings. The van der Waals surface area contributed by atoms with Gasteiger partial charge in [0.25, 0.3) is 0 Å². The quantitative estimate of drug-likeness (QED) is 0.837. The number of nitrogens with zero attached hydrogens (tertiary/aromatic N) is 2. The molecule has 7 heteroatoms. The first-order valence-corrected chi connectivity index (χ1v) is 8.46. The molecule has 1 aromatic rings. The van der Waals surface area contributed by atoms with Gasteiger partial charge in [0.1, 0.15) is 0 Å². The van der Waals surface area contributed by atoms with E-state index in [2.05, 4.69) is 12.1 Å². The molecule has 2 aliphatic heterocycles. The Balaban J connectivity index is 0.00000225. The molecule has 2 fully saturated rings. The Labute approximate surface area is 154 Å². The maximum absolute atomic E-state index is 12.8. The van der Waals surface area contributed by atoms with E-state index in [0.29, 0.717) is 39.2 Å². The number of rotatable bonds is 5. The van der Waals surface area contributed by atoms with Crippen LogP contribution in [0.5, 0.6) is 0 Å². The number of methoxy groups -OCH3 is 1. The van der Waals surface area contributed by atoms with Gasteiger partial charge in [0, 0.05) is 51.7 Å². The highest BCUT2D eigenvalue weighted by Gasteiger charge is 2.40. The standard InChI is InChI=1S/C18H25N3O3.ClH/c1-24-8-7-20-10-14(9-17(20)22)18(23)21-11-15(16(19)12-21)13-5-3-2-4-6-13;/h2-6,14-16H,7-12,19H2,1H3;1H/t14?,15-,16+;/m0./s1. The zero-order valence-corrected chi connectivity index (χ0v) is 15.3. The first kappa shape index (κ1) is 19.7. The van der Waals surface area contributed by atoms with Crippen molar-refractivity contribution in [3.63, 3.8) is 0 Å². The van der Waals surface area contributed by atoms with Crippen LogP contribution in [0.3, 0.4) is 0 Å². The lowest BCUT2D eigenvalue weighted by Crippen LogP contribution is -2.37. The number of nitrogens with two attached hydrogens (primary N) is 1. The second kappa shape index (κ2) is 8.65. The van der Waals surface area contributed by atoms with Crippen LogP contribution >= 0.6 is 12.4 Å². The van der Waals surface area contributed by atoms with Gasteiger partial charge in [-0.05, 0) is 5.56 Å². The van der Waals surface area contributed by atoms with E-state index in [-0.39, 0.29) is 42.1 Å². The molecule has 2 N–H and O–H groups in total. The van der Waals surface area contributed by atoms with Crippen LogP contribution in [0.25, 0.3) is 0 Å². The third-order valence-electron chi connectivity index (χ3n) is 5.03. The lowest BCUT2D eigenvalue weighted by Gasteiger charge is -2.21. The maximum Gasteiger partial charge on any atom is 0.228 e. The van der Waals surface area contributed by atoms with Crippen molar-refractivity contribution in [3.05, 3.63) is 35.9 Å². The molecule has 0 aromatic heterocycles. The van der Waals surface area contributed by atoms with Gasteiger partial charge in [0.05, 0.1) is 12.5 Å². The Morgan fingerprint density at radius 3 is 2.64 bits per heavy atom. The third kappa shape index (κ3) is 4.32. The highest BCUT2D eigenvalue weighted by Crippen LogP contribution is 2.29. The molecule has 3 atom stereocenters. The van der Waals surface area contributed by atoms with Gasteiger partial charge in [-0.15, -0.1) is 12.4 Å². The van der Waals surface area contributed by atoms with Gasteiger partial charge >= 0.3 is 0 Å². The number of halogens is 1. The van der Waals surface area contributed by atoms with E-state index in [4.69, 9.17) is 10.5 Å². The van der Waals surface area contributed by atoms with Crippen molar-refractivity contribution in [2.75, 3.05) is 39.9 Å². The van der Waals surface area contributed by atoms with Crippen molar-refractivity contribution in [1.29, 1.82) is 0 Å². The van der Waals surface area contributed by atoms with E-state index in [9.17, 15) is 9.59 Å². The average Bonchev–Trinajstić information content (AvgIpc) is 3.16. The molecular weight excluding hydrogens is 342 g/mol. The van der Waals surface area contributed by atoms with Crippen LogP contribution in [0.2, 0.25) is 0 Å². The number of carbonyl (C=O) groups is 2. The normalized spacial score (nSPS) is 26.0. The fourth-order valence-corrected chi connectivity index (χ4v) is 3.68. The zero-order valence-electron chi connectivity index (χ0n) is 14.5. The Kier molecular flexibility index (Phi) is 6.81. The summed E-state index contributed by atoms with van der Waals surface area (Å²) in [6, 6.07) is 10.0. The Morgan fingerprint density at radius 2 is 1.96 bits per heavy atom. The number of likely N-dealkylation sites (tertiary alicyclic amines) is 2. The van der Waals surface area contributed by atoms with Crippen molar-refractivity contribution in [2.45, 2.75) is 18.4 Å². The average molecular weight is 368 g/mol. The topological polar surface area (TPSA) is 75.9 Å². The molecule has 2 saturated heterocycles. The van der Waals surface area contributed by atoms with Crippen molar-refractivity contribution in [2.24, 2.45) is 11.7 Å². The van der Waals surface area contributed by atoms with Crippen molar-refractivity contribution < 1.29 is 14.3 Å². The summed E-state index contributed by atoms with van der Waals surface area (Å²) in [5, 5.41) is 0. The van der Waals surface area contributed by atoms with Crippen LogP contribution in [0.4, 0.5) is 0 Å². The van der Waals surface area contributed by atoms with Gasteiger partial charge in [-0.2, -0.15) is 0 Å². The molecule has 3 rings (SSSR count). The second-order valence-corrected chi connectivity index (χ2v) is 6.66.